The van der Waals surface area contributed by atoms with Crippen molar-refractivity contribution in [2.45, 2.75) is 90.0 Å². The summed E-state index contributed by atoms with van der Waals surface area (Å²) in [5.41, 5.74) is 2.34. The van der Waals surface area contributed by atoms with E-state index in [-0.39, 0.29) is 17.8 Å². The average Bonchev–Trinajstić information content (AvgIpc) is 3.29. The lowest BCUT2D eigenvalue weighted by atomic mass is 9.84. The number of fused-ring (bicyclic) bond motifs is 1. The van der Waals surface area contributed by atoms with Crippen molar-refractivity contribution in [2.75, 3.05) is 24.6 Å². The number of amides is 2. The van der Waals surface area contributed by atoms with Crippen LogP contribution in [0.25, 0.3) is 0 Å². The quantitative estimate of drug-likeness (QED) is 0.370. The van der Waals surface area contributed by atoms with Gasteiger partial charge in [-0.25, -0.2) is 9.18 Å². The number of alkyl carbamates (subject to hydrolysis) is 1. The van der Waals surface area contributed by atoms with Crippen LogP contribution in [0.15, 0.2) is 48.5 Å². The Morgan fingerprint density at radius 2 is 1.80 bits per heavy atom. The zero-order valence-corrected chi connectivity index (χ0v) is 24.1. The molecule has 2 aromatic rings. The van der Waals surface area contributed by atoms with Gasteiger partial charge in [-0.2, -0.15) is 0 Å². The van der Waals surface area contributed by atoms with Crippen LogP contribution >= 0.6 is 0 Å². The summed E-state index contributed by atoms with van der Waals surface area (Å²) in [6.45, 7) is 7.41. The fourth-order valence-corrected chi connectivity index (χ4v) is 5.67. The van der Waals surface area contributed by atoms with Crippen LogP contribution in [0, 0.1) is 11.7 Å². The Morgan fingerprint density at radius 1 is 1.05 bits per heavy atom. The Balaban J connectivity index is 1.46. The molecule has 2 aromatic carbocycles. The second-order valence-electron chi connectivity index (χ2n) is 12.1. The molecule has 0 radical (unpaired) electrons. The number of hydrogen-bond donors (Lipinski definition) is 2. The zero-order chi connectivity index (χ0) is 28.5. The van der Waals surface area contributed by atoms with Crippen LogP contribution in [0.1, 0.15) is 70.4 Å². The van der Waals surface area contributed by atoms with Crippen molar-refractivity contribution in [3.8, 4) is 0 Å². The van der Waals surface area contributed by atoms with E-state index in [1.54, 1.807) is 12.1 Å². The summed E-state index contributed by atoms with van der Waals surface area (Å²) in [4.78, 5) is 28.6. The molecule has 7 nitrogen and oxygen atoms in total. The molecule has 40 heavy (non-hydrogen) atoms. The molecular weight excluding hydrogens is 509 g/mol. The van der Waals surface area contributed by atoms with Crippen LogP contribution in [0.3, 0.4) is 0 Å². The standard InChI is InChI=1S/C32H44FN3O4/c1-32(2,3)40-31(38)35-28(18-23-10-6-4-7-11-23)30(37)34-27(22-39-21-24-12-8-5-9-13-24)20-36-17-16-25-19-26(33)14-15-29(25)36/h5,8-9,12-15,19,23,27-28H,4,6-7,10-11,16-18,20-22H2,1-3H3,(H,34,37)(H,35,38)/t27-,28+/m1/s1. The Labute approximate surface area is 237 Å². The topological polar surface area (TPSA) is 79.9 Å². The molecule has 2 atom stereocenters. The smallest absolute Gasteiger partial charge is 0.408 e. The van der Waals surface area contributed by atoms with Crippen LogP contribution in [-0.4, -0.2) is 49.4 Å². The van der Waals surface area contributed by atoms with Gasteiger partial charge in [0.05, 0.1) is 19.3 Å². The van der Waals surface area contributed by atoms with Gasteiger partial charge in [0.25, 0.3) is 0 Å². The number of anilines is 1. The van der Waals surface area contributed by atoms with Crippen molar-refractivity contribution in [1.29, 1.82) is 0 Å². The van der Waals surface area contributed by atoms with Crippen LogP contribution in [-0.2, 0) is 27.3 Å². The summed E-state index contributed by atoms with van der Waals surface area (Å²) in [6.07, 6.45) is 6.38. The largest absolute Gasteiger partial charge is 0.444 e. The zero-order valence-electron chi connectivity index (χ0n) is 24.1. The van der Waals surface area contributed by atoms with Crippen LogP contribution in [0.4, 0.5) is 14.9 Å². The van der Waals surface area contributed by atoms with Crippen molar-refractivity contribution < 1.29 is 23.5 Å². The first-order valence-electron chi connectivity index (χ1n) is 14.6. The van der Waals surface area contributed by atoms with Gasteiger partial charge in [0.15, 0.2) is 0 Å². The highest BCUT2D eigenvalue weighted by molar-refractivity contribution is 5.86. The summed E-state index contributed by atoms with van der Waals surface area (Å²) in [7, 11) is 0. The lowest BCUT2D eigenvalue weighted by molar-refractivity contribution is -0.124. The molecule has 2 N–H and O–H groups in total. The van der Waals surface area contributed by atoms with Gasteiger partial charge in [-0.15, -0.1) is 0 Å². The second-order valence-corrected chi connectivity index (χ2v) is 12.1. The van der Waals surface area contributed by atoms with E-state index in [0.29, 0.717) is 32.1 Å². The molecule has 1 aliphatic carbocycles. The molecule has 0 spiro atoms. The van der Waals surface area contributed by atoms with Gasteiger partial charge in [0.2, 0.25) is 5.91 Å². The number of ether oxygens (including phenoxy) is 2. The molecule has 218 valence electrons. The lowest BCUT2D eigenvalue weighted by Crippen LogP contribution is -2.54. The Kier molecular flexibility index (Phi) is 10.4. The Bertz CT molecular complexity index is 1110. The SMILES string of the molecule is CC(C)(C)OC(=O)N[C@@H](CC1CCCCC1)C(=O)N[C@@H](COCc1ccccc1)CN1CCc2cc(F)ccc21. The molecule has 2 amide bonds. The lowest BCUT2D eigenvalue weighted by Gasteiger charge is -2.31. The van der Waals surface area contributed by atoms with Gasteiger partial charge in [-0.3, -0.25) is 4.79 Å². The number of carbonyl (C=O) groups excluding carboxylic acids is 2. The molecule has 2 aliphatic rings. The van der Waals surface area contributed by atoms with Gasteiger partial charge in [-0.05, 0) is 68.9 Å². The van der Waals surface area contributed by atoms with Crippen molar-refractivity contribution in [1.82, 2.24) is 10.6 Å². The molecule has 1 aliphatic heterocycles. The molecule has 1 saturated carbocycles. The summed E-state index contributed by atoms with van der Waals surface area (Å²) >= 11 is 0. The minimum Gasteiger partial charge on any atom is -0.444 e. The molecule has 1 fully saturated rings. The molecule has 0 bridgehead atoms. The fraction of sp³-hybridized carbons (Fsp3) is 0.562. The predicted octanol–water partition coefficient (Wildman–Crippen LogP) is 5.75. The van der Waals surface area contributed by atoms with Crippen molar-refractivity contribution >= 4 is 17.7 Å². The summed E-state index contributed by atoms with van der Waals surface area (Å²) in [5, 5.41) is 6.03. The Morgan fingerprint density at radius 3 is 2.52 bits per heavy atom. The van der Waals surface area contributed by atoms with E-state index in [1.807, 2.05) is 51.1 Å². The third kappa shape index (κ3) is 9.22. The summed E-state index contributed by atoms with van der Waals surface area (Å²) in [5.74, 6) is -0.0914. The molecule has 8 heteroatoms. The van der Waals surface area contributed by atoms with E-state index in [0.717, 1.165) is 55.5 Å². The number of nitrogens with one attached hydrogen (secondary N) is 2. The first kappa shape index (κ1) is 29.8. The number of hydrogen-bond acceptors (Lipinski definition) is 5. The van der Waals surface area contributed by atoms with E-state index in [2.05, 4.69) is 15.5 Å². The van der Waals surface area contributed by atoms with Crippen LogP contribution in [0.2, 0.25) is 0 Å². The number of carbonyl (C=O) groups is 2. The van der Waals surface area contributed by atoms with Gasteiger partial charge < -0.3 is 25.0 Å². The highest BCUT2D eigenvalue weighted by atomic mass is 19.1. The minimum atomic E-state index is -0.700. The maximum atomic E-state index is 13.8. The fourth-order valence-electron chi connectivity index (χ4n) is 5.67. The maximum absolute atomic E-state index is 13.8. The minimum absolute atomic E-state index is 0.233. The number of nitrogens with zero attached hydrogens (tertiary/aromatic N) is 1. The Hall–Kier alpha value is -3.13. The van der Waals surface area contributed by atoms with Crippen LogP contribution in [0.5, 0.6) is 0 Å². The number of benzene rings is 2. The van der Waals surface area contributed by atoms with E-state index in [4.69, 9.17) is 9.47 Å². The van der Waals surface area contributed by atoms with Gasteiger partial charge >= 0.3 is 6.09 Å². The maximum Gasteiger partial charge on any atom is 0.408 e. The van der Waals surface area contributed by atoms with Gasteiger partial charge in [0, 0.05) is 18.8 Å². The van der Waals surface area contributed by atoms with Crippen LogP contribution < -0.4 is 15.5 Å². The third-order valence-corrected chi connectivity index (χ3v) is 7.55. The van der Waals surface area contributed by atoms with E-state index >= 15 is 0 Å². The predicted molar refractivity (Wildman–Crippen MR) is 155 cm³/mol. The number of halogens is 1. The highest BCUT2D eigenvalue weighted by Crippen LogP contribution is 2.29. The van der Waals surface area contributed by atoms with Crippen molar-refractivity contribution in [2.24, 2.45) is 5.92 Å². The molecule has 1 heterocycles. The van der Waals surface area contributed by atoms with Gasteiger partial charge in [-0.1, -0.05) is 62.4 Å². The van der Waals surface area contributed by atoms with Gasteiger partial charge in [0.1, 0.15) is 17.5 Å². The second kappa shape index (κ2) is 14.0. The normalized spacial score (nSPS) is 17.1. The summed E-state index contributed by atoms with van der Waals surface area (Å²) in [6, 6.07) is 13.7. The molecular formula is C32H44FN3O4. The van der Waals surface area contributed by atoms with E-state index in [9.17, 15) is 14.0 Å². The molecule has 0 unspecified atom stereocenters. The summed E-state index contributed by atoms with van der Waals surface area (Å²) < 4.78 is 25.4. The molecule has 0 aromatic heterocycles. The third-order valence-electron chi connectivity index (χ3n) is 7.55. The first-order chi connectivity index (χ1) is 19.2. The molecule has 4 rings (SSSR count). The highest BCUT2D eigenvalue weighted by Gasteiger charge is 2.30. The monoisotopic (exact) mass is 553 g/mol. The molecule has 0 saturated heterocycles. The van der Waals surface area contributed by atoms with Crippen molar-refractivity contribution in [3.05, 3.63) is 65.5 Å². The average molecular weight is 554 g/mol. The van der Waals surface area contributed by atoms with Crippen molar-refractivity contribution in [3.63, 3.8) is 0 Å². The van der Waals surface area contributed by atoms with E-state index in [1.165, 1.54) is 12.5 Å². The van der Waals surface area contributed by atoms with E-state index < -0.39 is 17.7 Å². The first-order valence-corrected chi connectivity index (χ1v) is 14.6. The number of rotatable bonds is 11.